The van der Waals surface area contributed by atoms with E-state index in [1.807, 2.05) is 17.4 Å². The number of aryl methyl sites for hydroxylation is 1. The third kappa shape index (κ3) is 2.42. The molecule has 0 saturated heterocycles. The fraction of sp³-hybridized carbons (Fsp3) is 0.304. The van der Waals surface area contributed by atoms with E-state index >= 15 is 0 Å². The molecule has 2 aromatic rings. The van der Waals surface area contributed by atoms with Crippen LogP contribution in [-0.2, 0) is 6.42 Å². The van der Waals surface area contributed by atoms with Crippen LogP contribution in [0, 0.1) is 0 Å². The van der Waals surface area contributed by atoms with Crippen LogP contribution in [0.5, 0.6) is 0 Å². The molecule has 1 aromatic heterocycles. The lowest BCUT2D eigenvalue weighted by molar-refractivity contribution is 0.906. The van der Waals surface area contributed by atoms with Crippen LogP contribution in [0.2, 0.25) is 0 Å². The van der Waals surface area contributed by atoms with Crippen LogP contribution in [0.1, 0.15) is 48.6 Å². The summed E-state index contributed by atoms with van der Waals surface area (Å²) in [6.45, 7) is 6.29. The zero-order valence-corrected chi connectivity index (χ0v) is 16.2. The molecule has 1 atom stereocenters. The number of allylic oxidation sites excluding steroid dienone is 5. The standard InChI is InChI=1S/C23H22S2/c1-3-7-15-10-18-20(12-14(15)4-2)24-23-19-11-16-8-5-6-9-17(16)13-21(19)25-22(18)23/h4,6,9-12,21H,2-3,5,7-8,13H2,1H3. The maximum atomic E-state index is 4.03. The topological polar surface area (TPSA) is 0 Å². The monoisotopic (exact) mass is 362 g/mol. The molecular weight excluding hydrogens is 340 g/mol. The van der Waals surface area contributed by atoms with E-state index in [0.717, 1.165) is 6.42 Å². The lowest BCUT2D eigenvalue weighted by Gasteiger charge is -2.23. The summed E-state index contributed by atoms with van der Waals surface area (Å²) >= 11 is 4.09. The van der Waals surface area contributed by atoms with Gasteiger partial charge in [0.2, 0.25) is 0 Å². The third-order valence-corrected chi connectivity index (χ3v) is 8.26. The molecular formula is C23H22S2. The zero-order chi connectivity index (χ0) is 17.0. The van der Waals surface area contributed by atoms with Crippen molar-refractivity contribution in [2.45, 2.75) is 49.2 Å². The van der Waals surface area contributed by atoms with Crippen LogP contribution >= 0.6 is 23.1 Å². The number of hydrogen-bond acceptors (Lipinski definition) is 2. The first-order valence-electron chi connectivity index (χ1n) is 9.27. The molecule has 2 heteroatoms. The summed E-state index contributed by atoms with van der Waals surface area (Å²) in [5.74, 6) is 0. The third-order valence-electron chi connectivity index (χ3n) is 5.56. The van der Waals surface area contributed by atoms with Crippen LogP contribution in [0.4, 0.5) is 0 Å². The summed E-state index contributed by atoms with van der Waals surface area (Å²) in [5, 5.41) is 2.10. The molecule has 1 aliphatic heterocycles. The summed E-state index contributed by atoms with van der Waals surface area (Å²) < 4.78 is 1.43. The average Bonchev–Trinajstić information content (AvgIpc) is 3.15. The fourth-order valence-electron chi connectivity index (χ4n) is 4.31. The summed E-state index contributed by atoms with van der Waals surface area (Å²) in [6, 6.07) is 4.81. The quantitative estimate of drug-likeness (QED) is 0.548. The molecule has 0 spiro atoms. The minimum absolute atomic E-state index is 0.626. The van der Waals surface area contributed by atoms with Gasteiger partial charge in [-0.3, -0.25) is 0 Å². The summed E-state index contributed by atoms with van der Waals surface area (Å²) in [6.07, 6.45) is 15.2. The highest BCUT2D eigenvalue weighted by Crippen LogP contribution is 2.56. The molecule has 1 unspecified atom stereocenters. The van der Waals surface area contributed by atoms with Gasteiger partial charge in [0.1, 0.15) is 0 Å². The van der Waals surface area contributed by atoms with Gasteiger partial charge in [-0.1, -0.05) is 44.2 Å². The van der Waals surface area contributed by atoms with Crippen molar-refractivity contribution >= 4 is 44.8 Å². The van der Waals surface area contributed by atoms with Crippen molar-refractivity contribution < 1.29 is 0 Å². The van der Waals surface area contributed by atoms with Gasteiger partial charge in [-0.05, 0) is 65.7 Å². The molecule has 0 fully saturated rings. The predicted octanol–water partition coefficient (Wildman–Crippen LogP) is 7.40. The van der Waals surface area contributed by atoms with Gasteiger partial charge < -0.3 is 0 Å². The van der Waals surface area contributed by atoms with E-state index in [1.54, 1.807) is 16.7 Å². The molecule has 0 nitrogen and oxygen atoms in total. The Bertz CT molecular complexity index is 981. The molecule has 126 valence electrons. The minimum atomic E-state index is 0.626. The maximum absolute atomic E-state index is 4.03. The van der Waals surface area contributed by atoms with Gasteiger partial charge in [-0.15, -0.1) is 23.1 Å². The predicted molar refractivity (Wildman–Crippen MR) is 114 cm³/mol. The first-order valence-corrected chi connectivity index (χ1v) is 11.0. The lowest BCUT2D eigenvalue weighted by Crippen LogP contribution is -2.09. The molecule has 3 aliphatic rings. The molecule has 2 heterocycles. The second kappa shape index (κ2) is 6.03. The Morgan fingerprint density at radius 3 is 3.04 bits per heavy atom. The van der Waals surface area contributed by atoms with Gasteiger partial charge in [0.25, 0.3) is 0 Å². The van der Waals surface area contributed by atoms with Crippen LogP contribution in [0.3, 0.4) is 0 Å². The van der Waals surface area contributed by atoms with Crippen molar-refractivity contribution in [3.63, 3.8) is 0 Å². The number of fused-ring (bicyclic) bond motifs is 5. The number of thiophene rings is 1. The fourth-order valence-corrected chi connectivity index (χ4v) is 7.30. The highest BCUT2D eigenvalue weighted by atomic mass is 32.2. The number of hydrogen-bond donors (Lipinski definition) is 0. The summed E-state index contributed by atoms with van der Waals surface area (Å²) in [5.41, 5.74) is 7.52. The van der Waals surface area contributed by atoms with Crippen LogP contribution in [0.15, 0.2) is 53.0 Å². The van der Waals surface area contributed by atoms with E-state index in [2.05, 4.69) is 55.6 Å². The molecule has 25 heavy (non-hydrogen) atoms. The van der Waals surface area contributed by atoms with Crippen molar-refractivity contribution in [2.75, 3.05) is 0 Å². The van der Waals surface area contributed by atoms with Crippen molar-refractivity contribution in [2.24, 2.45) is 0 Å². The Morgan fingerprint density at radius 2 is 2.20 bits per heavy atom. The van der Waals surface area contributed by atoms with Crippen molar-refractivity contribution in [1.29, 1.82) is 0 Å². The molecule has 0 bridgehead atoms. The normalized spacial score (nSPS) is 21.2. The lowest BCUT2D eigenvalue weighted by atomic mass is 9.86. The number of benzene rings is 1. The molecule has 2 aliphatic carbocycles. The molecule has 0 N–H and O–H groups in total. The van der Waals surface area contributed by atoms with E-state index in [0.29, 0.717) is 5.25 Å². The Morgan fingerprint density at radius 1 is 1.28 bits per heavy atom. The van der Waals surface area contributed by atoms with Gasteiger partial charge >= 0.3 is 0 Å². The van der Waals surface area contributed by atoms with E-state index in [9.17, 15) is 0 Å². The summed E-state index contributed by atoms with van der Waals surface area (Å²) in [7, 11) is 0. The second-order valence-electron chi connectivity index (χ2n) is 7.16. The summed E-state index contributed by atoms with van der Waals surface area (Å²) in [4.78, 5) is 3.07. The Labute approximate surface area is 158 Å². The van der Waals surface area contributed by atoms with Crippen LogP contribution < -0.4 is 0 Å². The highest BCUT2D eigenvalue weighted by Gasteiger charge is 2.35. The van der Waals surface area contributed by atoms with Gasteiger partial charge in [0.15, 0.2) is 0 Å². The van der Waals surface area contributed by atoms with Gasteiger partial charge in [-0.25, -0.2) is 0 Å². The van der Waals surface area contributed by atoms with E-state index in [4.69, 9.17) is 0 Å². The van der Waals surface area contributed by atoms with E-state index in [1.165, 1.54) is 56.7 Å². The van der Waals surface area contributed by atoms with Crippen molar-refractivity contribution in [1.82, 2.24) is 0 Å². The van der Waals surface area contributed by atoms with Crippen LogP contribution in [-0.4, -0.2) is 5.25 Å². The highest BCUT2D eigenvalue weighted by molar-refractivity contribution is 8.01. The van der Waals surface area contributed by atoms with E-state index < -0.39 is 0 Å². The van der Waals surface area contributed by atoms with Crippen molar-refractivity contribution in [3.8, 4) is 0 Å². The van der Waals surface area contributed by atoms with Crippen molar-refractivity contribution in [3.05, 3.63) is 64.1 Å². The van der Waals surface area contributed by atoms with Gasteiger partial charge in [0, 0.05) is 25.1 Å². The maximum Gasteiger partial charge on any atom is 0.0462 e. The average molecular weight is 363 g/mol. The van der Waals surface area contributed by atoms with Gasteiger partial charge in [0.05, 0.1) is 0 Å². The SMILES string of the molecule is C=Cc1cc2sc3c(c2cc1CCC)SC1CC2=C(C=C31)CCC=C2. The first kappa shape index (κ1) is 15.7. The Hall–Kier alpha value is -1.51. The molecule has 0 amide bonds. The first-order chi connectivity index (χ1) is 12.3. The number of thioether (sulfide) groups is 1. The minimum Gasteiger partial charge on any atom is -0.134 e. The Balaban J connectivity index is 1.66. The number of rotatable bonds is 3. The molecule has 0 radical (unpaired) electrons. The van der Waals surface area contributed by atoms with E-state index in [-0.39, 0.29) is 0 Å². The molecule has 1 aromatic carbocycles. The van der Waals surface area contributed by atoms with Crippen LogP contribution in [0.25, 0.3) is 21.7 Å². The van der Waals surface area contributed by atoms with Gasteiger partial charge in [-0.2, -0.15) is 0 Å². The Kier molecular flexibility index (Phi) is 3.79. The molecule has 0 saturated carbocycles. The second-order valence-corrected chi connectivity index (χ2v) is 9.43. The largest absolute Gasteiger partial charge is 0.134 e. The molecule has 5 rings (SSSR count). The smallest absolute Gasteiger partial charge is 0.0462 e. The zero-order valence-electron chi connectivity index (χ0n) is 14.6.